The summed E-state index contributed by atoms with van der Waals surface area (Å²) in [6.07, 6.45) is 0.544. The Labute approximate surface area is 209 Å². The van der Waals surface area contributed by atoms with Crippen molar-refractivity contribution in [3.63, 3.8) is 0 Å². The maximum Gasteiger partial charge on any atom is 0.335 e. The molecule has 1 unspecified atom stereocenters. The van der Waals surface area contributed by atoms with Crippen LogP contribution in [0.2, 0.25) is 0 Å². The Bertz CT molecular complexity index is 1230. The van der Waals surface area contributed by atoms with E-state index in [1.807, 2.05) is 0 Å². The fourth-order valence-electron chi connectivity index (χ4n) is 3.71. The lowest BCUT2D eigenvalue weighted by atomic mass is 10.0. The van der Waals surface area contributed by atoms with Gasteiger partial charge in [0.25, 0.3) is 11.8 Å². The van der Waals surface area contributed by atoms with Crippen molar-refractivity contribution < 1.29 is 43.7 Å². The summed E-state index contributed by atoms with van der Waals surface area (Å²) in [5.41, 5.74) is 0.0142. The van der Waals surface area contributed by atoms with E-state index in [9.17, 15) is 38.6 Å². The standard InChI is InChI=1S/C23H24FN5O8/c24-10-4-7-15-12-27(26-25-15)13-17(30)19-20(33)28(11-14-5-2-1-3-6-14)23(37)29(21(19)34)16(22(35)36)8-9-18(31)32/h1-3,5-6,12,16,30H,4,7-11,13H2,(H,31,32)(H,35,36). The number of nitrogens with zero attached hydrogens (tertiary/aromatic N) is 5. The van der Waals surface area contributed by atoms with E-state index in [2.05, 4.69) is 10.3 Å². The summed E-state index contributed by atoms with van der Waals surface area (Å²) < 4.78 is 13.5. The number of alkyl halides is 1. The third-order valence-corrected chi connectivity index (χ3v) is 5.49. The van der Waals surface area contributed by atoms with Crippen molar-refractivity contribution in [1.82, 2.24) is 24.8 Å². The minimum absolute atomic E-state index is 0.196. The van der Waals surface area contributed by atoms with Gasteiger partial charge >= 0.3 is 18.0 Å². The molecule has 14 heteroatoms. The highest BCUT2D eigenvalue weighted by Crippen LogP contribution is 2.26. The Morgan fingerprint density at radius 3 is 2.35 bits per heavy atom. The van der Waals surface area contributed by atoms with E-state index in [1.165, 1.54) is 6.20 Å². The molecule has 1 aliphatic rings. The van der Waals surface area contributed by atoms with E-state index in [0.717, 1.165) is 4.68 Å². The summed E-state index contributed by atoms with van der Waals surface area (Å²) in [7, 11) is 0. The second kappa shape index (κ2) is 11.9. The fraction of sp³-hybridized carbons (Fsp3) is 0.348. The van der Waals surface area contributed by atoms with Gasteiger partial charge in [-0.05, 0) is 24.8 Å². The molecule has 13 nitrogen and oxygen atoms in total. The molecule has 3 N–H and O–H groups in total. The van der Waals surface area contributed by atoms with Gasteiger partial charge < -0.3 is 15.3 Å². The summed E-state index contributed by atoms with van der Waals surface area (Å²) in [6, 6.07) is 5.00. The molecule has 1 atom stereocenters. The number of aliphatic hydroxyl groups excluding tert-OH is 1. The molecule has 1 aliphatic heterocycles. The number of aliphatic carboxylic acids is 2. The molecule has 1 aromatic heterocycles. The molecule has 2 heterocycles. The summed E-state index contributed by atoms with van der Waals surface area (Å²) in [6.45, 7) is -1.44. The minimum Gasteiger partial charge on any atom is -0.509 e. The second-order valence-corrected chi connectivity index (χ2v) is 8.14. The monoisotopic (exact) mass is 517 g/mol. The predicted octanol–water partition coefficient (Wildman–Crippen LogP) is 1.30. The van der Waals surface area contributed by atoms with Crippen LogP contribution in [-0.2, 0) is 38.7 Å². The first-order valence-corrected chi connectivity index (χ1v) is 11.2. The Kier molecular flexibility index (Phi) is 8.66. The number of hydrogen-bond donors (Lipinski definition) is 3. The number of aryl methyl sites for hydroxylation is 1. The van der Waals surface area contributed by atoms with Crippen LogP contribution in [0.3, 0.4) is 0 Å². The van der Waals surface area contributed by atoms with Crippen molar-refractivity contribution in [2.24, 2.45) is 0 Å². The smallest absolute Gasteiger partial charge is 0.335 e. The van der Waals surface area contributed by atoms with Gasteiger partial charge in [-0.25, -0.2) is 19.2 Å². The zero-order valence-electron chi connectivity index (χ0n) is 19.5. The van der Waals surface area contributed by atoms with Gasteiger partial charge in [0.1, 0.15) is 23.9 Å². The molecule has 196 valence electrons. The van der Waals surface area contributed by atoms with E-state index in [1.54, 1.807) is 30.3 Å². The van der Waals surface area contributed by atoms with Gasteiger partial charge in [0.15, 0.2) is 0 Å². The molecule has 0 saturated carbocycles. The van der Waals surface area contributed by atoms with Crippen LogP contribution < -0.4 is 0 Å². The number of rotatable bonds is 12. The molecule has 4 amide bonds. The summed E-state index contributed by atoms with van der Waals surface area (Å²) in [4.78, 5) is 63.6. The average Bonchev–Trinajstić information content (AvgIpc) is 3.29. The summed E-state index contributed by atoms with van der Waals surface area (Å²) >= 11 is 0. The van der Waals surface area contributed by atoms with Gasteiger partial charge in [0, 0.05) is 12.6 Å². The lowest BCUT2D eigenvalue weighted by Gasteiger charge is -2.37. The lowest BCUT2D eigenvalue weighted by molar-refractivity contribution is -0.151. The molecule has 1 aromatic carbocycles. The number of halogens is 1. The van der Waals surface area contributed by atoms with Crippen LogP contribution in [0.15, 0.2) is 47.9 Å². The maximum atomic E-state index is 13.3. The third kappa shape index (κ3) is 6.34. The molecule has 0 spiro atoms. The molecule has 1 saturated heterocycles. The summed E-state index contributed by atoms with van der Waals surface area (Å²) in [5, 5.41) is 37.0. The third-order valence-electron chi connectivity index (χ3n) is 5.49. The molecule has 1 fully saturated rings. The van der Waals surface area contributed by atoms with Crippen LogP contribution in [0, 0.1) is 0 Å². The van der Waals surface area contributed by atoms with Crippen LogP contribution >= 0.6 is 0 Å². The average molecular weight is 517 g/mol. The number of carbonyl (C=O) groups excluding carboxylic acids is 3. The number of carbonyl (C=O) groups is 5. The van der Waals surface area contributed by atoms with E-state index in [-0.39, 0.29) is 24.3 Å². The van der Waals surface area contributed by atoms with Crippen LogP contribution in [0.25, 0.3) is 0 Å². The molecule has 37 heavy (non-hydrogen) atoms. The second-order valence-electron chi connectivity index (χ2n) is 8.14. The summed E-state index contributed by atoms with van der Waals surface area (Å²) in [5.74, 6) is -6.37. The number of carboxylic acids is 2. The topological polar surface area (TPSA) is 183 Å². The number of amides is 4. The van der Waals surface area contributed by atoms with Crippen LogP contribution in [0.5, 0.6) is 0 Å². The highest BCUT2D eigenvalue weighted by Gasteiger charge is 2.48. The molecular weight excluding hydrogens is 493 g/mol. The van der Waals surface area contributed by atoms with Gasteiger partial charge in [0.2, 0.25) is 0 Å². The van der Waals surface area contributed by atoms with Gasteiger partial charge in [0.05, 0.1) is 18.9 Å². The van der Waals surface area contributed by atoms with Crippen molar-refractivity contribution in [3.8, 4) is 0 Å². The molecule has 3 rings (SSSR count). The number of aliphatic hydroxyl groups is 1. The van der Waals surface area contributed by atoms with Crippen molar-refractivity contribution in [2.45, 2.75) is 44.8 Å². The number of carboxylic acid groups (broad SMARTS) is 2. The minimum atomic E-state index is -1.91. The first-order valence-electron chi connectivity index (χ1n) is 11.2. The van der Waals surface area contributed by atoms with Gasteiger partial charge in [-0.2, -0.15) is 0 Å². The van der Waals surface area contributed by atoms with E-state index in [4.69, 9.17) is 5.11 Å². The van der Waals surface area contributed by atoms with Crippen LogP contribution in [0.1, 0.15) is 30.5 Å². The van der Waals surface area contributed by atoms with Crippen molar-refractivity contribution in [1.29, 1.82) is 0 Å². The Morgan fingerprint density at radius 1 is 1.03 bits per heavy atom. The SMILES string of the molecule is O=C(O)CCC(C(=O)O)N1C(=O)C(=C(O)Cn2cc(CCCF)nn2)C(=O)N(Cc2ccccc2)C1=O. The Balaban J connectivity index is 2.02. The van der Waals surface area contributed by atoms with E-state index >= 15 is 0 Å². The predicted molar refractivity (Wildman–Crippen MR) is 122 cm³/mol. The van der Waals surface area contributed by atoms with Crippen molar-refractivity contribution in [3.05, 3.63) is 59.1 Å². The number of barbiturate groups is 1. The number of hydrogen-bond acceptors (Lipinski definition) is 8. The fourth-order valence-corrected chi connectivity index (χ4v) is 3.71. The number of benzene rings is 1. The zero-order chi connectivity index (χ0) is 27.1. The Hall–Kier alpha value is -4.62. The first kappa shape index (κ1) is 27.0. The molecular formula is C23H24FN5O8. The van der Waals surface area contributed by atoms with E-state index in [0.29, 0.717) is 16.2 Å². The Morgan fingerprint density at radius 2 is 1.73 bits per heavy atom. The first-order chi connectivity index (χ1) is 17.6. The highest BCUT2D eigenvalue weighted by molar-refractivity contribution is 6.29. The van der Waals surface area contributed by atoms with E-state index < -0.39 is 73.2 Å². The van der Waals surface area contributed by atoms with Crippen molar-refractivity contribution >= 4 is 29.8 Å². The van der Waals surface area contributed by atoms with Gasteiger partial charge in [-0.1, -0.05) is 35.5 Å². The lowest BCUT2D eigenvalue weighted by Crippen LogP contribution is -2.61. The molecule has 2 aromatic rings. The molecule has 0 bridgehead atoms. The van der Waals surface area contributed by atoms with Crippen molar-refractivity contribution in [2.75, 3.05) is 6.67 Å². The quantitative estimate of drug-likeness (QED) is 0.211. The normalized spacial score (nSPS) is 16.2. The number of urea groups is 1. The van der Waals surface area contributed by atoms with Crippen LogP contribution in [-0.4, -0.2) is 82.6 Å². The molecule has 0 aliphatic carbocycles. The largest absolute Gasteiger partial charge is 0.509 e. The molecule has 0 radical (unpaired) electrons. The number of allylic oxidation sites excluding steroid dienone is 1. The number of imide groups is 2. The maximum absolute atomic E-state index is 13.3. The van der Waals surface area contributed by atoms with Gasteiger partial charge in [-0.3, -0.25) is 23.7 Å². The zero-order valence-corrected chi connectivity index (χ0v) is 19.5. The van der Waals surface area contributed by atoms with Gasteiger partial charge in [-0.15, -0.1) is 5.10 Å². The highest BCUT2D eigenvalue weighted by atomic mass is 19.1. The number of aromatic nitrogens is 3. The van der Waals surface area contributed by atoms with Crippen LogP contribution in [0.4, 0.5) is 9.18 Å².